The number of hydrogen-bond acceptors (Lipinski definition) is 5. The lowest BCUT2D eigenvalue weighted by Crippen LogP contribution is -2.40. The van der Waals surface area contributed by atoms with Gasteiger partial charge in [0.05, 0.1) is 19.8 Å². The van der Waals surface area contributed by atoms with Crippen LogP contribution in [0.4, 0.5) is 0 Å². The largest absolute Gasteiger partial charge is 0.490 e. The summed E-state index contributed by atoms with van der Waals surface area (Å²) >= 11 is 0. The maximum atomic E-state index is 5.85. The van der Waals surface area contributed by atoms with E-state index in [1.54, 1.807) is 19.4 Å². The molecule has 0 saturated carbocycles. The average Bonchev–Trinajstić information content (AvgIpc) is 2.63. The molecule has 0 saturated heterocycles. The summed E-state index contributed by atoms with van der Waals surface area (Å²) in [5.74, 6) is 2.19. The standard InChI is InChI=1S/C19H26N4O3/c1-4-25-16-7-5-6-8-17(16)26-18-10-9-15(11-21-18)12-22-19(20)23-14(2)13-24-3/h5-11,14H,4,12-13H2,1-3H3,(H3,20,22,23). The smallest absolute Gasteiger partial charge is 0.219 e. The summed E-state index contributed by atoms with van der Waals surface area (Å²) in [7, 11) is 1.65. The zero-order chi connectivity index (χ0) is 18.8. The van der Waals surface area contributed by atoms with Gasteiger partial charge in [-0.15, -0.1) is 0 Å². The van der Waals surface area contributed by atoms with E-state index in [1.807, 2.05) is 44.2 Å². The highest BCUT2D eigenvalue weighted by atomic mass is 16.5. The third kappa shape index (κ3) is 6.25. The molecule has 3 N–H and O–H groups in total. The first-order valence-corrected chi connectivity index (χ1v) is 8.52. The third-order valence-electron chi connectivity index (χ3n) is 3.40. The molecular formula is C19H26N4O3. The number of aliphatic imine (C=N–C) groups is 1. The van der Waals surface area contributed by atoms with Gasteiger partial charge in [0.2, 0.25) is 5.88 Å². The Morgan fingerprint density at radius 2 is 2.00 bits per heavy atom. The molecule has 7 nitrogen and oxygen atoms in total. The number of benzene rings is 1. The van der Waals surface area contributed by atoms with E-state index in [1.165, 1.54) is 0 Å². The Hall–Kier alpha value is -2.80. The number of guanidine groups is 1. The van der Waals surface area contributed by atoms with Gasteiger partial charge in [0.25, 0.3) is 0 Å². The van der Waals surface area contributed by atoms with Crippen molar-refractivity contribution in [3.8, 4) is 17.4 Å². The number of methoxy groups -OCH3 is 1. The fourth-order valence-electron chi connectivity index (χ4n) is 2.25. The van der Waals surface area contributed by atoms with Gasteiger partial charge < -0.3 is 25.3 Å². The average molecular weight is 358 g/mol. The van der Waals surface area contributed by atoms with Crippen molar-refractivity contribution < 1.29 is 14.2 Å². The molecule has 0 bridgehead atoms. The highest BCUT2D eigenvalue weighted by molar-refractivity contribution is 5.78. The van der Waals surface area contributed by atoms with Crippen LogP contribution in [0.15, 0.2) is 47.6 Å². The molecular weight excluding hydrogens is 332 g/mol. The molecule has 1 heterocycles. The third-order valence-corrected chi connectivity index (χ3v) is 3.40. The second kappa shape index (κ2) is 10.2. The lowest BCUT2D eigenvalue weighted by Gasteiger charge is -2.13. The molecule has 26 heavy (non-hydrogen) atoms. The van der Waals surface area contributed by atoms with Crippen LogP contribution in [0.25, 0.3) is 0 Å². The van der Waals surface area contributed by atoms with Crippen molar-refractivity contribution >= 4 is 5.96 Å². The molecule has 1 atom stereocenters. The zero-order valence-corrected chi connectivity index (χ0v) is 15.4. The number of pyridine rings is 1. The van der Waals surface area contributed by atoms with Gasteiger partial charge in [-0.05, 0) is 31.5 Å². The number of hydrogen-bond donors (Lipinski definition) is 2. The topological polar surface area (TPSA) is 91.0 Å². The Labute approximate surface area is 154 Å². The van der Waals surface area contributed by atoms with E-state index >= 15 is 0 Å². The van der Waals surface area contributed by atoms with E-state index < -0.39 is 0 Å². The highest BCUT2D eigenvalue weighted by Gasteiger charge is 2.06. The molecule has 2 aromatic rings. The lowest BCUT2D eigenvalue weighted by molar-refractivity contribution is 0.179. The molecule has 0 aliphatic rings. The second-order valence-corrected chi connectivity index (χ2v) is 5.69. The SMILES string of the molecule is CCOc1ccccc1Oc1ccc(CN=C(N)NC(C)COC)cn1. The van der Waals surface area contributed by atoms with Crippen LogP contribution in [-0.4, -0.2) is 37.3 Å². The molecule has 1 aromatic heterocycles. The predicted octanol–water partition coefficient (Wildman–Crippen LogP) is 2.71. The Bertz CT molecular complexity index is 704. The summed E-state index contributed by atoms with van der Waals surface area (Å²) in [5.41, 5.74) is 6.78. The Morgan fingerprint density at radius 1 is 1.23 bits per heavy atom. The van der Waals surface area contributed by atoms with Gasteiger partial charge in [0, 0.05) is 25.4 Å². The molecule has 1 aromatic carbocycles. The van der Waals surface area contributed by atoms with Gasteiger partial charge in [-0.25, -0.2) is 9.98 Å². The minimum Gasteiger partial charge on any atom is -0.490 e. The van der Waals surface area contributed by atoms with Crippen LogP contribution in [0.1, 0.15) is 19.4 Å². The molecule has 1 unspecified atom stereocenters. The maximum absolute atomic E-state index is 5.85. The number of para-hydroxylation sites is 2. The molecule has 0 radical (unpaired) electrons. The lowest BCUT2D eigenvalue weighted by atomic mass is 10.3. The summed E-state index contributed by atoms with van der Waals surface area (Å²) < 4.78 is 16.4. The number of aromatic nitrogens is 1. The van der Waals surface area contributed by atoms with Crippen molar-refractivity contribution in [1.29, 1.82) is 0 Å². The van der Waals surface area contributed by atoms with Crippen molar-refractivity contribution in [1.82, 2.24) is 10.3 Å². The monoisotopic (exact) mass is 358 g/mol. The predicted molar refractivity (Wildman–Crippen MR) is 102 cm³/mol. The molecule has 7 heteroatoms. The normalized spacial score (nSPS) is 12.5. The maximum Gasteiger partial charge on any atom is 0.219 e. The number of nitrogens with zero attached hydrogens (tertiary/aromatic N) is 2. The number of nitrogens with two attached hydrogens (primary N) is 1. The van der Waals surface area contributed by atoms with Gasteiger partial charge in [-0.3, -0.25) is 0 Å². The Kier molecular flexibility index (Phi) is 7.70. The summed E-state index contributed by atoms with van der Waals surface area (Å²) in [4.78, 5) is 8.61. The van der Waals surface area contributed by atoms with E-state index in [-0.39, 0.29) is 6.04 Å². The van der Waals surface area contributed by atoms with Gasteiger partial charge >= 0.3 is 0 Å². The molecule has 140 valence electrons. The Morgan fingerprint density at radius 3 is 2.65 bits per heavy atom. The zero-order valence-electron chi connectivity index (χ0n) is 15.4. The van der Waals surface area contributed by atoms with Crippen LogP contribution in [-0.2, 0) is 11.3 Å². The molecule has 0 spiro atoms. The first-order chi connectivity index (χ1) is 12.6. The fraction of sp³-hybridized carbons (Fsp3) is 0.368. The summed E-state index contributed by atoms with van der Waals surface area (Å²) in [6.07, 6.45) is 1.72. The highest BCUT2D eigenvalue weighted by Crippen LogP contribution is 2.30. The van der Waals surface area contributed by atoms with Crippen molar-refractivity contribution in [2.24, 2.45) is 10.7 Å². The van der Waals surface area contributed by atoms with E-state index in [4.69, 9.17) is 19.9 Å². The van der Waals surface area contributed by atoms with Crippen molar-refractivity contribution in [3.63, 3.8) is 0 Å². The summed E-state index contributed by atoms with van der Waals surface area (Å²) in [6, 6.07) is 11.3. The minimum atomic E-state index is 0.100. The second-order valence-electron chi connectivity index (χ2n) is 5.69. The van der Waals surface area contributed by atoms with Crippen LogP contribution < -0.4 is 20.5 Å². The summed E-state index contributed by atoms with van der Waals surface area (Å²) in [6.45, 7) is 5.47. The van der Waals surface area contributed by atoms with Crippen LogP contribution >= 0.6 is 0 Å². The summed E-state index contributed by atoms with van der Waals surface area (Å²) in [5, 5.41) is 3.06. The minimum absolute atomic E-state index is 0.100. The number of ether oxygens (including phenoxy) is 3. The molecule has 0 aliphatic heterocycles. The van der Waals surface area contributed by atoms with Crippen LogP contribution in [0.5, 0.6) is 17.4 Å². The van der Waals surface area contributed by atoms with Gasteiger partial charge in [0.1, 0.15) is 0 Å². The van der Waals surface area contributed by atoms with Crippen LogP contribution in [0, 0.1) is 0 Å². The Balaban J connectivity index is 1.94. The van der Waals surface area contributed by atoms with Crippen LogP contribution in [0.2, 0.25) is 0 Å². The van der Waals surface area contributed by atoms with Crippen LogP contribution in [0.3, 0.4) is 0 Å². The number of rotatable bonds is 9. The fourth-order valence-corrected chi connectivity index (χ4v) is 2.25. The van der Waals surface area contributed by atoms with Crippen molar-refractivity contribution in [3.05, 3.63) is 48.2 Å². The first-order valence-electron chi connectivity index (χ1n) is 8.52. The van der Waals surface area contributed by atoms with Gasteiger partial charge in [-0.1, -0.05) is 18.2 Å². The van der Waals surface area contributed by atoms with Gasteiger partial charge in [-0.2, -0.15) is 0 Å². The van der Waals surface area contributed by atoms with E-state index in [0.29, 0.717) is 43.1 Å². The number of nitrogens with one attached hydrogen (secondary N) is 1. The molecule has 2 rings (SSSR count). The molecule has 0 aliphatic carbocycles. The van der Waals surface area contributed by atoms with E-state index in [2.05, 4.69) is 15.3 Å². The van der Waals surface area contributed by atoms with Crippen molar-refractivity contribution in [2.75, 3.05) is 20.3 Å². The van der Waals surface area contributed by atoms with E-state index in [0.717, 1.165) is 5.56 Å². The first kappa shape index (κ1) is 19.5. The van der Waals surface area contributed by atoms with Gasteiger partial charge in [0.15, 0.2) is 17.5 Å². The molecule has 0 fully saturated rings. The van der Waals surface area contributed by atoms with E-state index in [9.17, 15) is 0 Å². The quantitative estimate of drug-likeness (QED) is 0.529. The molecule has 0 amide bonds. The van der Waals surface area contributed by atoms with Crippen molar-refractivity contribution in [2.45, 2.75) is 26.4 Å².